The number of pyridine rings is 1. The fraction of sp³-hybridized carbons (Fsp3) is 0.375. The van der Waals surface area contributed by atoms with Gasteiger partial charge in [0.2, 0.25) is 0 Å². The molecule has 2 fully saturated rings. The molecule has 8 rings (SSSR count). The molecule has 2 saturated carbocycles. The van der Waals surface area contributed by atoms with E-state index >= 15 is 8.78 Å². The quantitative estimate of drug-likeness (QED) is 0.262. The van der Waals surface area contributed by atoms with Gasteiger partial charge in [-0.3, -0.25) is 9.78 Å². The van der Waals surface area contributed by atoms with E-state index in [2.05, 4.69) is 15.1 Å². The molecule has 2 atom stereocenters. The van der Waals surface area contributed by atoms with E-state index in [1.54, 1.807) is 13.1 Å². The number of halogens is 5. The lowest BCUT2D eigenvalue weighted by molar-refractivity contribution is -0.116. The van der Waals surface area contributed by atoms with Crippen LogP contribution in [0.1, 0.15) is 65.1 Å². The van der Waals surface area contributed by atoms with Gasteiger partial charge in [-0.1, -0.05) is 5.57 Å². The van der Waals surface area contributed by atoms with Crippen LogP contribution >= 0.6 is 0 Å². The largest absolute Gasteiger partial charge is 0.339 e. The number of imidazole rings is 1. The summed E-state index contributed by atoms with van der Waals surface area (Å²) in [6.45, 7) is 0. The number of fused-ring (bicyclic) bond motifs is 2. The molecular formula is C32H27F5N6O3S. The van der Waals surface area contributed by atoms with Gasteiger partial charge in [-0.15, -0.1) is 0 Å². The second-order valence-corrected chi connectivity index (χ2v) is 14.7. The summed E-state index contributed by atoms with van der Waals surface area (Å²) < 4.78 is 107. The molecule has 4 bridgehead atoms. The predicted octanol–water partition coefficient (Wildman–Crippen LogP) is 5.44. The van der Waals surface area contributed by atoms with Crippen LogP contribution in [0.15, 0.2) is 65.7 Å². The number of rotatable bonds is 5. The fourth-order valence-electron chi connectivity index (χ4n) is 7.68. The molecule has 4 aliphatic carbocycles. The summed E-state index contributed by atoms with van der Waals surface area (Å²) in [4.78, 5) is 22.8. The van der Waals surface area contributed by atoms with Crippen molar-refractivity contribution in [1.29, 1.82) is 0 Å². The Balaban J connectivity index is 1.31. The maximum absolute atomic E-state index is 16.3. The zero-order valence-electron chi connectivity index (χ0n) is 24.9. The molecule has 4 aliphatic rings. The maximum Gasteiger partial charge on any atom is 0.317 e. The van der Waals surface area contributed by atoms with Crippen molar-refractivity contribution < 1.29 is 35.2 Å². The van der Waals surface area contributed by atoms with Gasteiger partial charge in [0.1, 0.15) is 17.2 Å². The molecule has 0 amide bonds. The maximum atomic E-state index is 16.3. The number of carbonyl (C=O) groups is 1. The smallest absolute Gasteiger partial charge is 0.317 e. The first-order valence-electron chi connectivity index (χ1n) is 15.1. The number of aromatic nitrogens is 5. The Morgan fingerprint density at radius 3 is 2.43 bits per heavy atom. The molecule has 0 N–H and O–H groups in total. The van der Waals surface area contributed by atoms with E-state index in [0.717, 1.165) is 22.6 Å². The average molecular weight is 671 g/mol. The van der Waals surface area contributed by atoms with E-state index in [4.69, 9.17) is 0 Å². The number of alkyl halides is 4. The summed E-state index contributed by atoms with van der Waals surface area (Å²) in [5.41, 5.74) is -1.49. The second-order valence-electron chi connectivity index (χ2n) is 12.9. The van der Waals surface area contributed by atoms with E-state index in [0.29, 0.717) is 17.0 Å². The Kier molecular flexibility index (Phi) is 6.34. The molecular weight excluding hydrogens is 643 g/mol. The van der Waals surface area contributed by atoms with Gasteiger partial charge in [0, 0.05) is 55.5 Å². The molecule has 0 aliphatic heterocycles. The monoisotopic (exact) mass is 670 g/mol. The Bertz CT molecular complexity index is 2100. The highest BCUT2D eigenvalue weighted by Crippen LogP contribution is 2.55. The van der Waals surface area contributed by atoms with Crippen LogP contribution in [-0.4, -0.2) is 60.8 Å². The first-order chi connectivity index (χ1) is 22.2. The third kappa shape index (κ3) is 4.45. The number of aryl methyl sites for hydroxylation is 1. The highest BCUT2D eigenvalue weighted by molar-refractivity contribution is 7.89. The molecule has 0 radical (unpaired) electrons. The van der Waals surface area contributed by atoms with Gasteiger partial charge in [0.25, 0.3) is 15.9 Å². The average Bonchev–Trinajstić information content (AvgIpc) is 3.63. The zero-order valence-corrected chi connectivity index (χ0v) is 25.7. The van der Waals surface area contributed by atoms with Crippen LogP contribution in [-0.2, 0) is 29.4 Å². The topological polar surface area (TPSA) is 103 Å². The number of nitrogens with zero attached hydrogens (tertiary/aromatic N) is 6. The molecule has 15 heteroatoms. The number of benzene rings is 1. The Morgan fingerprint density at radius 2 is 1.74 bits per heavy atom. The summed E-state index contributed by atoms with van der Waals surface area (Å²) in [7, 11) is -2.82. The highest BCUT2D eigenvalue weighted by atomic mass is 32.2. The van der Waals surface area contributed by atoms with E-state index in [-0.39, 0.29) is 42.0 Å². The molecule has 1 spiro atoms. The summed E-state index contributed by atoms with van der Waals surface area (Å²) in [5.74, 6) is -7.78. The molecule has 0 unspecified atom stereocenters. The van der Waals surface area contributed by atoms with Gasteiger partial charge in [-0.05, 0) is 68.2 Å². The summed E-state index contributed by atoms with van der Waals surface area (Å²) in [5, 5.41) is 4.04. The molecule has 1 aromatic carbocycles. The van der Waals surface area contributed by atoms with Crippen LogP contribution in [0, 0.1) is 11.2 Å². The van der Waals surface area contributed by atoms with Crippen LogP contribution in [0.4, 0.5) is 22.0 Å². The third-order valence-electron chi connectivity index (χ3n) is 9.93. The van der Waals surface area contributed by atoms with E-state index in [1.807, 2.05) is 0 Å². The molecule has 9 nitrogen and oxygen atoms in total. The van der Waals surface area contributed by atoms with E-state index in [9.17, 15) is 26.4 Å². The molecule has 244 valence electrons. The summed E-state index contributed by atoms with van der Waals surface area (Å²) >= 11 is 0. The lowest BCUT2D eigenvalue weighted by Crippen LogP contribution is -2.59. The Hall–Kier alpha value is -4.24. The Labute approximate surface area is 265 Å². The van der Waals surface area contributed by atoms with Gasteiger partial charge in [0.05, 0.1) is 23.1 Å². The number of carbonyl (C=O) groups excluding carboxylic acids is 1. The lowest BCUT2D eigenvalue weighted by atomic mass is 9.60. The minimum atomic E-state index is -4.40. The number of hydrogen-bond donors (Lipinski definition) is 0. The van der Waals surface area contributed by atoms with Crippen LogP contribution in [0.2, 0.25) is 0 Å². The van der Waals surface area contributed by atoms with E-state index < -0.39 is 75.1 Å². The first kappa shape index (κ1) is 30.1. The number of sulfonamides is 1. The van der Waals surface area contributed by atoms with Gasteiger partial charge in [0.15, 0.2) is 10.8 Å². The Morgan fingerprint density at radius 1 is 1.00 bits per heavy atom. The van der Waals surface area contributed by atoms with Crippen LogP contribution in [0.25, 0.3) is 11.8 Å². The minimum absolute atomic E-state index is 0.0915. The molecule has 47 heavy (non-hydrogen) atoms. The first-order valence-corrected chi connectivity index (χ1v) is 16.5. The van der Waals surface area contributed by atoms with Crippen LogP contribution in [0.5, 0.6) is 0 Å². The molecule has 4 aromatic rings. The minimum Gasteiger partial charge on any atom is -0.339 e. The van der Waals surface area contributed by atoms with E-state index in [1.165, 1.54) is 46.0 Å². The SMILES string of the molecule is Cn1cnc(S(=O)(=O)N(C2CC(F)(F)C2)[C@H]2CCC3=Cc4c5c(nn4-c4ccc(F)cc4)C(F)(F)c4ccnc(c4)C(=O)[C@@]3(C5)C2)c1. The second kappa shape index (κ2) is 9.89. The standard InChI is InChI=1S/C32H27F5N6O3S/c1-41-16-27(39-17-41)47(45,46)43(23-13-31(34,35)14-23)22-5-2-18-11-26-24-15-30(18,12-22)29(44)25-10-19(8-9-38-25)32(36,37)28(24)40-42(26)21-6-3-20(33)4-7-21/h3-4,6-11,16-17,22-23H,2,5,12-15H2,1H3/t22-,30+/m0/s1. The van der Waals surface area contributed by atoms with Gasteiger partial charge in [-0.25, -0.2) is 31.3 Å². The van der Waals surface area contributed by atoms with Crippen molar-refractivity contribution in [3.63, 3.8) is 0 Å². The van der Waals surface area contributed by atoms with Crippen molar-refractivity contribution in [3.05, 3.63) is 94.7 Å². The predicted molar refractivity (Wildman–Crippen MR) is 157 cm³/mol. The number of hydrogen-bond acceptors (Lipinski definition) is 6. The van der Waals surface area contributed by atoms with Gasteiger partial charge < -0.3 is 4.57 Å². The van der Waals surface area contributed by atoms with Crippen molar-refractivity contribution in [1.82, 2.24) is 28.6 Å². The normalized spacial score (nSPS) is 24.5. The van der Waals surface area contributed by atoms with Crippen LogP contribution in [0.3, 0.4) is 0 Å². The van der Waals surface area contributed by atoms with Crippen molar-refractivity contribution >= 4 is 21.9 Å². The van der Waals surface area contributed by atoms with Crippen molar-refractivity contribution in [2.24, 2.45) is 12.5 Å². The van der Waals surface area contributed by atoms with Crippen LogP contribution < -0.4 is 0 Å². The number of Topliss-reactive ketones (excluding diaryl/α,β-unsaturated/α-hetero) is 1. The summed E-state index contributed by atoms with van der Waals surface area (Å²) in [6.07, 6.45) is 3.95. The number of allylic oxidation sites excluding steroid dienone is 1. The molecule has 0 saturated heterocycles. The third-order valence-corrected chi connectivity index (χ3v) is 11.8. The molecule has 3 heterocycles. The summed E-state index contributed by atoms with van der Waals surface area (Å²) in [6, 6.07) is 5.39. The van der Waals surface area contributed by atoms with Gasteiger partial charge >= 0.3 is 5.92 Å². The highest BCUT2D eigenvalue weighted by Gasteiger charge is 2.58. The van der Waals surface area contributed by atoms with Crippen molar-refractivity contribution in [3.8, 4) is 5.69 Å². The lowest BCUT2D eigenvalue weighted by Gasteiger charge is -2.50. The fourth-order valence-corrected chi connectivity index (χ4v) is 9.48. The zero-order chi connectivity index (χ0) is 33.1. The van der Waals surface area contributed by atoms with Gasteiger partial charge in [-0.2, -0.15) is 18.2 Å². The van der Waals surface area contributed by atoms with Crippen molar-refractivity contribution in [2.75, 3.05) is 0 Å². The van der Waals surface area contributed by atoms with Crippen molar-refractivity contribution in [2.45, 2.75) is 67.5 Å². The molecule has 3 aromatic heterocycles. The number of ketones is 1.